The smallest absolute Gasteiger partial charge is 0.127 e. The Balaban J connectivity index is 2.05. The van der Waals surface area contributed by atoms with Gasteiger partial charge in [0.05, 0.1) is 25.0 Å². The molecule has 2 aromatic rings. The van der Waals surface area contributed by atoms with Gasteiger partial charge in [-0.2, -0.15) is 10.2 Å². The number of rotatable bonds is 5. The van der Waals surface area contributed by atoms with Crippen molar-refractivity contribution in [3.63, 3.8) is 0 Å². The van der Waals surface area contributed by atoms with Crippen molar-refractivity contribution in [1.29, 1.82) is 0 Å². The zero-order valence-corrected chi connectivity index (χ0v) is 10.0. The van der Waals surface area contributed by atoms with Gasteiger partial charge in [0.1, 0.15) is 12.5 Å². The molecule has 0 atom stereocenters. The summed E-state index contributed by atoms with van der Waals surface area (Å²) < 4.78 is 15.7. The van der Waals surface area contributed by atoms with Gasteiger partial charge in [-0.1, -0.05) is 0 Å². The first-order chi connectivity index (χ1) is 8.20. The first-order valence-corrected chi connectivity index (χ1v) is 5.51. The van der Waals surface area contributed by atoms with Crippen LogP contribution in [0.3, 0.4) is 0 Å². The quantitative estimate of drug-likeness (QED) is 0.857. The molecule has 2 rings (SSSR count). The number of halogens is 1. The fourth-order valence-corrected chi connectivity index (χ4v) is 1.69. The van der Waals surface area contributed by atoms with Gasteiger partial charge in [0, 0.05) is 18.8 Å². The molecule has 0 aliphatic carbocycles. The number of aromatic nitrogens is 4. The van der Waals surface area contributed by atoms with Crippen molar-refractivity contribution < 1.29 is 4.39 Å². The minimum Gasteiger partial charge on any atom is -0.364 e. The first-order valence-electron chi connectivity index (χ1n) is 5.51. The van der Waals surface area contributed by atoms with E-state index >= 15 is 0 Å². The van der Waals surface area contributed by atoms with E-state index in [1.165, 1.54) is 0 Å². The Kier molecular flexibility index (Phi) is 3.41. The summed E-state index contributed by atoms with van der Waals surface area (Å²) in [5.41, 5.74) is 1.95. The van der Waals surface area contributed by atoms with E-state index in [1.54, 1.807) is 15.6 Å². The van der Waals surface area contributed by atoms with Crippen molar-refractivity contribution in [3.8, 4) is 0 Å². The average molecular weight is 237 g/mol. The molecule has 0 saturated carbocycles. The Morgan fingerprint density at radius 2 is 2.29 bits per heavy atom. The van der Waals surface area contributed by atoms with Crippen LogP contribution in [0.5, 0.6) is 0 Å². The molecule has 0 aliphatic rings. The summed E-state index contributed by atoms with van der Waals surface area (Å²) in [6.45, 7) is 2.42. The van der Waals surface area contributed by atoms with E-state index in [4.69, 9.17) is 0 Å². The normalized spacial score (nSPS) is 10.8. The third kappa shape index (κ3) is 2.64. The predicted octanol–water partition coefficient (Wildman–Crippen LogP) is 1.51. The van der Waals surface area contributed by atoms with E-state index in [2.05, 4.69) is 15.5 Å². The second kappa shape index (κ2) is 4.99. The minimum atomic E-state index is -0.417. The van der Waals surface area contributed by atoms with Crippen LogP contribution in [-0.4, -0.2) is 26.2 Å². The highest BCUT2D eigenvalue weighted by Crippen LogP contribution is 2.14. The predicted molar refractivity (Wildman–Crippen MR) is 63.5 cm³/mol. The Bertz CT molecular complexity index is 488. The summed E-state index contributed by atoms with van der Waals surface area (Å²) in [7, 11) is 1.88. The van der Waals surface area contributed by atoms with Crippen LogP contribution in [0.2, 0.25) is 0 Å². The average Bonchev–Trinajstić information content (AvgIpc) is 2.85. The van der Waals surface area contributed by atoms with Crippen molar-refractivity contribution in [1.82, 2.24) is 19.6 Å². The highest BCUT2D eigenvalue weighted by Gasteiger charge is 2.07. The fourth-order valence-electron chi connectivity index (χ4n) is 1.69. The molecule has 5 nitrogen and oxygen atoms in total. The molecular formula is C11H16FN5. The van der Waals surface area contributed by atoms with Gasteiger partial charge < -0.3 is 5.32 Å². The van der Waals surface area contributed by atoms with Crippen molar-refractivity contribution in [2.24, 2.45) is 7.05 Å². The number of anilines is 1. The number of nitrogens with one attached hydrogen (secondary N) is 1. The lowest BCUT2D eigenvalue weighted by Crippen LogP contribution is -2.10. The third-order valence-electron chi connectivity index (χ3n) is 2.52. The van der Waals surface area contributed by atoms with E-state index in [0.29, 0.717) is 6.54 Å². The molecule has 6 heteroatoms. The van der Waals surface area contributed by atoms with Crippen LogP contribution in [0, 0.1) is 6.92 Å². The summed E-state index contributed by atoms with van der Waals surface area (Å²) in [6.07, 6.45) is 3.62. The molecule has 0 radical (unpaired) electrons. The molecular weight excluding hydrogens is 221 g/mol. The third-order valence-corrected chi connectivity index (χ3v) is 2.52. The second-order valence-electron chi connectivity index (χ2n) is 3.92. The van der Waals surface area contributed by atoms with Gasteiger partial charge in [0.2, 0.25) is 0 Å². The largest absolute Gasteiger partial charge is 0.364 e. The summed E-state index contributed by atoms with van der Waals surface area (Å²) in [5.74, 6) is 0.855. The first kappa shape index (κ1) is 11.6. The minimum absolute atomic E-state index is 0.276. The highest BCUT2D eigenvalue weighted by molar-refractivity contribution is 5.43. The summed E-state index contributed by atoms with van der Waals surface area (Å²) in [5, 5.41) is 11.6. The SMILES string of the molecule is Cc1cnn(CCF)c1NCc1ccn(C)n1. The van der Waals surface area contributed by atoms with Crippen LogP contribution < -0.4 is 5.32 Å². The second-order valence-corrected chi connectivity index (χ2v) is 3.92. The highest BCUT2D eigenvalue weighted by atomic mass is 19.1. The maximum absolute atomic E-state index is 12.3. The van der Waals surface area contributed by atoms with Gasteiger partial charge in [-0.05, 0) is 13.0 Å². The fraction of sp³-hybridized carbons (Fsp3) is 0.455. The monoisotopic (exact) mass is 237 g/mol. The van der Waals surface area contributed by atoms with Gasteiger partial charge in [-0.25, -0.2) is 9.07 Å². The van der Waals surface area contributed by atoms with Gasteiger partial charge >= 0.3 is 0 Å². The van der Waals surface area contributed by atoms with E-state index in [0.717, 1.165) is 17.1 Å². The Morgan fingerprint density at radius 1 is 1.47 bits per heavy atom. The molecule has 2 aromatic heterocycles. The molecule has 0 unspecified atom stereocenters. The maximum atomic E-state index is 12.3. The number of hydrogen-bond acceptors (Lipinski definition) is 3. The van der Waals surface area contributed by atoms with Crippen molar-refractivity contribution in [2.75, 3.05) is 12.0 Å². The van der Waals surface area contributed by atoms with Gasteiger partial charge in [-0.3, -0.25) is 4.68 Å². The standard InChI is InChI=1S/C11H16FN5/c1-9-7-14-17(6-4-12)11(9)13-8-10-3-5-16(2)15-10/h3,5,7,13H,4,6,8H2,1-2H3. The molecule has 0 bridgehead atoms. The Morgan fingerprint density at radius 3 is 2.94 bits per heavy atom. The molecule has 0 spiro atoms. The molecule has 2 heterocycles. The van der Waals surface area contributed by atoms with E-state index in [9.17, 15) is 4.39 Å². The zero-order chi connectivity index (χ0) is 12.3. The molecule has 92 valence electrons. The van der Waals surface area contributed by atoms with Gasteiger partial charge in [0.15, 0.2) is 0 Å². The van der Waals surface area contributed by atoms with Crippen LogP contribution in [0.25, 0.3) is 0 Å². The molecule has 0 aromatic carbocycles. The van der Waals surface area contributed by atoms with Gasteiger partial charge in [-0.15, -0.1) is 0 Å². The van der Waals surface area contributed by atoms with Crippen molar-refractivity contribution in [3.05, 3.63) is 29.7 Å². The Labute approximate surface area is 99.2 Å². The van der Waals surface area contributed by atoms with Gasteiger partial charge in [0.25, 0.3) is 0 Å². The molecule has 0 amide bonds. The summed E-state index contributed by atoms with van der Waals surface area (Å²) in [6, 6.07) is 1.94. The number of nitrogens with zero attached hydrogens (tertiary/aromatic N) is 4. The zero-order valence-electron chi connectivity index (χ0n) is 10.0. The number of hydrogen-bond donors (Lipinski definition) is 1. The van der Waals surface area contributed by atoms with Crippen LogP contribution in [0.4, 0.5) is 10.2 Å². The number of aryl methyl sites for hydroxylation is 3. The summed E-state index contributed by atoms with van der Waals surface area (Å²) in [4.78, 5) is 0. The number of alkyl halides is 1. The van der Waals surface area contributed by atoms with Crippen molar-refractivity contribution in [2.45, 2.75) is 20.0 Å². The van der Waals surface area contributed by atoms with E-state index in [-0.39, 0.29) is 6.54 Å². The van der Waals surface area contributed by atoms with E-state index in [1.807, 2.05) is 26.2 Å². The lowest BCUT2D eigenvalue weighted by molar-refractivity contribution is 0.429. The molecule has 0 saturated heterocycles. The molecule has 0 fully saturated rings. The van der Waals surface area contributed by atoms with E-state index < -0.39 is 6.67 Å². The van der Waals surface area contributed by atoms with Crippen LogP contribution in [0.15, 0.2) is 18.5 Å². The molecule has 1 N–H and O–H groups in total. The van der Waals surface area contributed by atoms with Crippen LogP contribution >= 0.6 is 0 Å². The van der Waals surface area contributed by atoms with Crippen molar-refractivity contribution >= 4 is 5.82 Å². The molecule has 0 aliphatic heterocycles. The van der Waals surface area contributed by atoms with Crippen LogP contribution in [-0.2, 0) is 20.1 Å². The summed E-state index contributed by atoms with van der Waals surface area (Å²) >= 11 is 0. The molecule has 17 heavy (non-hydrogen) atoms. The van der Waals surface area contributed by atoms with Crippen LogP contribution in [0.1, 0.15) is 11.3 Å². The maximum Gasteiger partial charge on any atom is 0.127 e. The lowest BCUT2D eigenvalue weighted by Gasteiger charge is -2.08. The topological polar surface area (TPSA) is 47.7 Å². The Hall–Kier alpha value is -1.85. The lowest BCUT2D eigenvalue weighted by atomic mass is 10.3.